The minimum atomic E-state index is -1.75. The first-order valence-electron chi connectivity index (χ1n) is 15.3. The summed E-state index contributed by atoms with van der Waals surface area (Å²) in [5.41, 5.74) is 5.67. The maximum Gasteiger partial charge on any atom is 0.325 e. The maximum absolute atomic E-state index is 13.6. The molecule has 21 nitrogen and oxygen atoms in total. The molecule has 49 heavy (non-hydrogen) atoms. The molecule has 2 rings (SSSR count). The van der Waals surface area contributed by atoms with Gasteiger partial charge in [-0.05, 0) is 39.5 Å². The molecule has 0 aromatic carbocycles. The maximum atomic E-state index is 13.6. The molecule has 6 amide bonds. The van der Waals surface area contributed by atoms with Gasteiger partial charge in [0.15, 0.2) is 0 Å². The molecule has 2 fully saturated rings. The lowest BCUT2D eigenvalue weighted by atomic mass is 10.1. The normalized spacial score (nSPS) is 20.1. The van der Waals surface area contributed by atoms with Gasteiger partial charge in [-0.1, -0.05) is 0 Å². The first kappa shape index (κ1) is 39.8. The van der Waals surface area contributed by atoms with E-state index in [1.54, 1.807) is 0 Å². The fraction of sp³-hybridized carbons (Fsp3) is 0.643. The number of hydrogen-bond donors (Lipinski definition) is 9. The van der Waals surface area contributed by atoms with Crippen molar-refractivity contribution in [3.63, 3.8) is 0 Å². The van der Waals surface area contributed by atoms with Crippen LogP contribution in [0.4, 0.5) is 0 Å². The minimum Gasteiger partial charge on any atom is -0.481 e. The lowest BCUT2D eigenvalue weighted by Crippen LogP contribution is -2.59. The molecular formula is C28H41N7O14. The van der Waals surface area contributed by atoms with Crippen LogP contribution < -0.4 is 27.0 Å². The number of carbonyl (C=O) groups is 10. The van der Waals surface area contributed by atoms with Crippen LogP contribution in [-0.2, 0) is 47.9 Å². The number of carboxylic acids is 4. The van der Waals surface area contributed by atoms with E-state index in [2.05, 4.69) is 21.3 Å². The molecule has 0 bridgehead atoms. The molecule has 21 heteroatoms. The lowest BCUT2D eigenvalue weighted by Gasteiger charge is -2.31. The zero-order valence-electron chi connectivity index (χ0n) is 26.7. The summed E-state index contributed by atoms with van der Waals surface area (Å²) >= 11 is 0. The van der Waals surface area contributed by atoms with Crippen molar-refractivity contribution in [1.29, 1.82) is 0 Å². The van der Waals surface area contributed by atoms with E-state index in [9.17, 15) is 58.2 Å². The SMILES string of the molecule is CC(NC(=O)C(C)NC(=O)C(CC(=O)O)NC(=O)C1CCCN1C(=O)C(CC(=O)O)NC(=O)C1CCCN1C(=O)C(N)CC(=O)O)C(=O)O. The Balaban J connectivity index is 2.18. The summed E-state index contributed by atoms with van der Waals surface area (Å²) in [5.74, 6) is -11.4. The summed E-state index contributed by atoms with van der Waals surface area (Å²) < 4.78 is 0. The smallest absolute Gasteiger partial charge is 0.325 e. The Morgan fingerprint density at radius 2 is 1.04 bits per heavy atom. The Kier molecular flexibility index (Phi) is 14.4. The Bertz CT molecular complexity index is 1360. The van der Waals surface area contributed by atoms with Crippen molar-refractivity contribution in [1.82, 2.24) is 31.1 Å². The third kappa shape index (κ3) is 11.4. The molecule has 2 saturated heterocycles. The third-order valence-corrected chi connectivity index (χ3v) is 7.88. The molecular weight excluding hydrogens is 658 g/mol. The molecule has 272 valence electrons. The highest BCUT2D eigenvalue weighted by atomic mass is 16.4. The Labute approximate surface area is 278 Å². The highest BCUT2D eigenvalue weighted by molar-refractivity contribution is 5.99. The van der Waals surface area contributed by atoms with Gasteiger partial charge in [-0.2, -0.15) is 0 Å². The summed E-state index contributed by atoms with van der Waals surface area (Å²) in [6.45, 7) is 2.36. The largest absolute Gasteiger partial charge is 0.481 e. The summed E-state index contributed by atoms with van der Waals surface area (Å²) in [4.78, 5) is 125. The predicted molar refractivity (Wildman–Crippen MR) is 161 cm³/mol. The number of hydrogen-bond acceptors (Lipinski definition) is 11. The van der Waals surface area contributed by atoms with E-state index in [-0.39, 0.29) is 32.4 Å². The number of likely N-dealkylation sites (tertiary alicyclic amines) is 2. The number of amides is 6. The first-order valence-corrected chi connectivity index (χ1v) is 15.3. The highest BCUT2D eigenvalue weighted by Crippen LogP contribution is 2.22. The molecule has 0 aliphatic carbocycles. The Hall–Kier alpha value is -5.34. The summed E-state index contributed by atoms with van der Waals surface area (Å²) in [5, 5.41) is 45.6. The molecule has 2 heterocycles. The topological polar surface area (TPSA) is 332 Å². The van der Waals surface area contributed by atoms with Crippen molar-refractivity contribution in [3.05, 3.63) is 0 Å². The molecule has 0 radical (unpaired) electrons. The second-order valence-corrected chi connectivity index (χ2v) is 11.7. The Morgan fingerprint density at radius 1 is 0.612 bits per heavy atom. The number of nitrogens with zero attached hydrogens (tertiary/aromatic N) is 2. The van der Waals surface area contributed by atoms with Crippen molar-refractivity contribution in [2.45, 2.75) is 101 Å². The standard InChI is InChI=1S/C28H41N7O14/c1-12(22(42)31-13(2)28(48)49)30-23(43)15(10-20(38)39)32-24(44)18-6-4-8-35(18)27(47)16(11-21(40)41)33-25(45)17-5-3-7-34(17)26(46)14(29)9-19(36)37/h12-18H,3-11,29H2,1-2H3,(H,30,43)(H,31,42)(H,32,44)(H,33,45)(H,36,37)(H,38,39)(H,40,41)(H,48,49). The van der Waals surface area contributed by atoms with Crippen molar-refractivity contribution in [2.24, 2.45) is 5.73 Å². The van der Waals surface area contributed by atoms with Gasteiger partial charge in [0, 0.05) is 13.1 Å². The van der Waals surface area contributed by atoms with Crippen LogP contribution in [0.1, 0.15) is 58.8 Å². The summed E-state index contributed by atoms with van der Waals surface area (Å²) in [6.07, 6.45) is -1.85. The number of aliphatic carboxylic acids is 4. The van der Waals surface area contributed by atoms with Crippen LogP contribution in [0.5, 0.6) is 0 Å². The van der Waals surface area contributed by atoms with Crippen LogP contribution in [-0.4, -0.2) is 145 Å². The predicted octanol–water partition coefficient (Wildman–Crippen LogP) is -4.22. The second-order valence-electron chi connectivity index (χ2n) is 11.7. The van der Waals surface area contributed by atoms with Crippen molar-refractivity contribution in [3.8, 4) is 0 Å². The minimum absolute atomic E-state index is 0.0188. The lowest BCUT2D eigenvalue weighted by molar-refractivity contribution is -0.147. The van der Waals surface area contributed by atoms with Crippen LogP contribution in [0.2, 0.25) is 0 Å². The van der Waals surface area contributed by atoms with Gasteiger partial charge < -0.3 is 57.2 Å². The van der Waals surface area contributed by atoms with E-state index < -0.39 is 121 Å². The number of rotatable bonds is 17. The van der Waals surface area contributed by atoms with Crippen LogP contribution >= 0.6 is 0 Å². The van der Waals surface area contributed by atoms with Gasteiger partial charge in [0.25, 0.3) is 0 Å². The van der Waals surface area contributed by atoms with Gasteiger partial charge in [-0.15, -0.1) is 0 Å². The average Bonchev–Trinajstić information content (AvgIpc) is 3.69. The van der Waals surface area contributed by atoms with Gasteiger partial charge in [-0.25, -0.2) is 0 Å². The average molecular weight is 700 g/mol. The third-order valence-electron chi connectivity index (χ3n) is 7.88. The molecule has 7 unspecified atom stereocenters. The highest BCUT2D eigenvalue weighted by Gasteiger charge is 2.42. The van der Waals surface area contributed by atoms with Gasteiger partial charge in [0.2, 0.25) is 35.4 Å². The van der Waals surface area contributed by atoms with Crippen LogP contribution in [0.3, 0.4) is 0 Å². The van der Waals surface area contributed by atoms with Gasteiger partial charge in [0.1, 0.15) is 36.3 Å². The molecule has 0 spiro atoms. The van der Waals surface area contributed by atoms with E-state index in [4.69, 9.17) is 15.9 Å². The number of carboxylic acid groups (broad SMARTS) is 4. The summed E-state index contributed by atoms with van der Waals surface area (Å²) in [6, 6.07) is -10.0. The quantitative estimate of drug-likeness (QED) is 0.0695. The monoisotopic (exact) mass is 699 g/mol. The molecule has 10 N–H and O–H groups in total. The van der Waals surface area contributed by atoms with Crippen LogP contribution in [0.25, 0.3) is 0 Å². The van der Waals surface area contributed by atoms with E-state index in [1.807, 2.05) is 0 Å². The van der Waals surface area contributed by atoms with Gasteiger partial charge >= 0.3 is 23.9 Å². The fourth-order valence-corrected chi connectivity index (χ4v) is 5.37. The number of nitrogens with two attached hydrogens (primary N) is 1. The molecule has 2 aliphatic rings. The van der Waals surface area contributed by atoms with E-state index >= 15 is 0 Å². The van der Waals surface area contributed by atoms with Crippen molar-refractivity contribution < 1.29 is 68.4 Å². The van der Waals surface area contributed by atoms with E-state index in [0.717, 1.165) is 9.80 Å². The van der Waals surface area contributed by atoms with Crippen LogP contribution in [0.15, 0.2) is 0 Å². The first-order chi connectivity index (χ1) is 22.8. The summed E-state index contributed by atoms with van der Waals surface area (Å²) in [7, 11) is 0. The van der Waals surface area contributed by atoms with Gasteiger partial charge in [-0.3, -0.25) is 47.9 Å². The van der Waals surface area contributed by atoms with Crippen LogP contribution in [0, 0.1) is 0 Å². The van der Waals surface area contributed by atoms with Crippen molar-refractivity contribution >= 4 is 59.3 Å². The zero-order valence-corrected chi connectivity index (χ0v) is 26.7. The number of carbonyl (C=O) groups excluding carboxylic acids is 6. The van der Waals surface area contributed by atoms with Crippen molar-refractivity contribution in [2.75, 3.05) is 13.1 Å². The van der Waals surface area contributed by atoms with E-state index in [1.165, 1.54) is 13.8 Å². The molecule has 0 aromatic rings. The fourth-order valence-electron chi connectivity index (χ4n) is 5.37. The number of nitrogens with one attached hydrogen (secondary N) is 4. The molecule has 0 aromatic heterocycles. The molecule has 7 atom stereocenters. The van der Waals surface area contributed by atoms with Gasteiger partial charge in [0.05, 0.1) is 25.3 Å². The second kappa shape index (κ2) is 17.7. The van der Waals surface area contributed by atoms with E-state index in [0.29, 0.717) is 6.42 Å². The zero-order chi connectivity index (χ0) is 37.2. The molecule has 0 saturated carbocycles. The molecule has 2 aliphatic heterocycles. The Morgan fingerprint density at radius 3 is 1.51 bits per heavy atom.